The van der Waals surface area contributed by atoms with Crippen molar-refractivity contribution >= 4 is 0 Å². The first kappa shape index (κ1) is 10.9. The number of rotatable bonds is 6. The quantitative estimate of drug-likeness (QED) is 0.579. The fraction of sp³-hybridized carbons (Fsp3) is 1.00. The molecule has 0 amide bonds. The predicted molar refractivity (Wildman–Crippen MR) is 46.4 cm³/mol. The van der Waals surface area contributed by atoms with E-state index in [1.807, 2.05) is 6.92 Å². The van der Waals surface area contributed by atoms with E-state index in [4.69, 9.17) is 5.11 Å². The number of aliphatic hydroxyl groups is 2. The second kappa shape index (κ2) is 6.62. The number of aliphatic hydroxyl groups excluding tert-OH is 2. The Hall–Kier alpha value is -0.0800. The summed E-state index contributed by atoms with van der Waals surface area (Å²) in [5.41, 5.74) is 0. The number of hydrogen-bond acceptors (Lipinski definition) is 2. The smallest absolute Gasteiger partial charge is 0.0587 e. The molecule has 11 heavy (non-hydrogen) atoms. The van der Waals surface area contributed by atoms with Crippen LogP contribution in [0.25, 0.3) is 0 Å². The molecule has 0 aliphatic heterocycles. The normalized spacial score (nSPS) is 16.4. The molecule has 0 spiro atoms. The van der Waals surface area contributed by atoms with Crippen molar-refractivity contribution < 1.29 is 10.2 Å². The lowest BCUT2D eigenvalue weighted by Gasteiger charge is -2.15. The molecule has 0 unspecified atom stereocenters. The molecule has 0 rings (SSSR count). The first-order chi connectivity index (χ1) is 5.22. The summed E-state index contributed by atoms with van der Waals surface area (Å²) < 4.78 is 0. The van der Waals surface area contributed by atoms with E-state index in [1.54, 1.807) is 0 Å². The molecule has 2 atom stereocenters. The van der Waals surface area contributed by atoms with Crippen LogP contribution in [-0.2, 0) is 0 Å². The largest absolute Gasteiger partial charge is 0.396 e. The van der Waals surface area contributed by atoms with Gasteiger partial charge in [-0.15, -0.1) is 0 Å². The van der Waals surface area contributed by atoms with Gasteiger partial charge < -0.3 is 10.2 Å². The summed E-state index contributed by atoms with van der Waals surface area (Å²) in [6.07, 6.45) is 3.94. The first-order valence-corrected chi connectivity index (χ1v) is 4.51. The third-order valence-electron chi connectivity index (χ3n) is 2.05. The van der Waals surface area contributed by atoms with Crippen molar-refractivity contribution in [3.8, 4) is 0 Å². The number of hydrogen-bond donors (Lipinski definition) is 2. The van der Waals surface area contributed by atoms with Crippen LogP contribution in [0.4, 0.5) is 0 Å². The van der Waals surface area contributed by atoms with Gasteiger partial charge in [-0.3, -0.25) is 0 Å². The lowest BCUT2D eigenvalue weighted by Crippen LogP contribution is -2.20. The van der Waals surface area contributed by atoms with Gasteiger partial charge >= 0.3 is 0 Å². The van der Waals surface area contributed by atoms with Crippen LogP contribution in [0.3, 0.4) is 0 Å². The van der Waals surface area contributed by atoms with Crippen LogP contribution in [0.5, 0.6) is 0 Å². The third-order valence-corrected chi connectivity index (χ3v) is 2.05. The third kappa shape index (κ3) is 5.22. The molecule has 0 aromatic rings. The zero-order chi connectivity index (χ0) is 8.69. The van der Waals surface area contributed by atoms with Gasteiger partial charge in [0.15, 0.2) is 0 Å². The van der Waals surface area contributed by atoms with E-state index in [0.717, 1.165) is 12.8 Å². The zero-order valence-electron chi connectivity index (χ0n) is 7.58. The van der Waals surface area contributed by atoms with Gasteiger partial charge in [0.05, 0.1) is 6.10 Å². The van der Waals surface area contributed by atoms with Crippen LogP contribution in [0.2, 0.25) is 0 Å². The summed E-state index contributed by atoms with van der Waals surface area (Å²) in [6, 6.07) is 0. The van der Waals surface area contributed by atoms with Gasteiger partial charge in [0.2, 0.25) is 0 Å². The zero-order valence-corrected chi connectivity index (χ0v) is 7.58. The first-order valence-electron chi connectivity index (χ1n) is 4.51. The second-order valence-corrected chi connectivity index (χ2v) is 3.22. The summed E-state index contributed by atoms with van der Waals surface area (Å²) >= 11 is 0. The van der Waals surface area contributed by atoms with Crippen LogP contribution >= 0.6 is 0 Å². The molecule has 2 heteroatoms. The molecule has 2 N–H and O–H groups in total. The highest BCUT2D eigenvalue weighted by atomic mass is 16.3. The maximum Gasteiger partial charge on any atom is 0.0587 e. The van der Waals surface area contributed by atoms with Gasteiger partial charge in [0, 0.05) is 12.5 Å². The minimum atomic E-state index is -0.313. The standard InChI is InChI=1S/C9H20O2/c1-3-4-5-6-9(11)8(2)7-10/h8-11H,3-7H2,1-2H3/t8-,9+/m1/s1. The summed E-state index contributed by atoms with van der Waals surface area (Å²) in [4.78, 5) is 0. The van der Waals surface area contributed by atoms with E-state index in [2.05, 4.69) is 6.92 Å². The van der Waals surface area contributed by atoms with Gasteiger partial charge in [0.1, 0.15) is 0 Å². The van der Waals surface area contributed by atoms with Crippen LogP contribution in [-0.4, -0.2) is 22.9 Å². The van der Waals surface area contributed by atoms with E-state index in [1.165, 1.54) is 12.8 Å². The lowest BCUT2D eigenvalue weighted by molar-refractivity contribution is 0.0686. The Labute approximate surface area is 69.2 Å². The van der Waals surface area contributed by atoms with Crippen LogP contribution < -0.4 is 0 Å². The van der Waals surface area contributed by atoms with Crippen molar-refractivity contribution in [1.29, 1.82) is 0 Å². The molecule has 0 saturated carbocycles. The molecule has 0 aromatic heterocycles. The average molecular weight is 160 g/mol. The van der Waals surface area contributed by atoms with E-state index in [9.17, 15) is 5.11 Å². The molecule has 0 fully saturated rings. The van der Waals surface area contributed by atoms with Gasteiger partial charge in [0.25, 0.3) is 0 Å². The minimum absolute atomic E-state index is 0.0341. The van der Waals surface area contributed by atoms with Gasteiger partial charge in [-0.1, -0.05) is 33.1 Å². The van der Waals surface area contributed by atoms with Gasteiger partial charge in [-0.05, 0) is 6.42 Å². The Balaban J connectivity index is 3.28. The van der Waals surface area contributed by atoms with Crippen molar-refractivity contribution in [1.82, 2.24) is 0 Å². The van der Waals surface area contributed by atoms with Crippen molar-refractivity contribution in [2.45, 2.75) is 45.6 Å². The molecule has 2 nitrogen and oxygen atoms in total. The molecule has 0 aromatic carbocycles. The molecule has 0 aliphatic rings. The van der Waals surface area contributed by atoms with Crippen molar-refractivity contribution in [3.05, 3.63) is 0 Å². The highest BCUT2D eigenvalue weighted by Gasteiger charge is 2.11. The highest BCUT2D eigenvalue weighted by molar-refractivity contribution is 4.62. The van der Waals surface area contributed by atoms with Gasteiger partial charge in [-0.25, -0.2) is 0 Å². The second-order valence-electron chi connectivity index (χ2n) is 3.22. The average Bonchev–Trinajstić information content (AvgIpc) is 2.03. The Bertz CT molecular complexity index is 83.6. The Kier molecular flexibility index (Phi) is 6.57. The molecular formula is C9H20O2. The van der Waals surface area contributed by atoms with E-state index in [-0.39, 0.29) is 18.6 Å². The SMILES string of the molecule is CCCCC[C@H](O)[C@H](C)CO. The topological polar surface area (TPSA) is 40.5 Å². The molecule has 0 heterocycles. The van der Waals surface area contributed by atoms with Crippen molar-refractivity contribution in [3.63, 3.8) is 0 Å². The van der Waals surface area contributed by atoms with Crippen LogP contribution in [0.1, 0.15) is 39.5 Å². The fourth-order valence-corrected chi connectivity index (χ4v) is 1.01. The summed E-state index contributed by atoms with van der Waals surface area (Å²) in [7, 11) is 0. The van der Waals surface area contributed by atoms with E-state index >= 15 is 0 Å². The molecule has 0 radical (unpaired) electrons. The number of unbranched alkanes of at least 4 members (excludes halogenated alkanes) is 2. The molecule has 68 valence electrons. The molecule has 0 bridgehead atoms. The maximum atomic E-state index is 9.38. The van der Waals surface area contributed by atoms with Crippen molar-refractivity contribution in [2.24, 2.45) is 5.92 Å². The molecule has 0 aliphatic carbocycles. The Morgan fingerprint density at radius 3 is 2.36 bits per heavy atom. The summed E-state index contributed by atoms with van der Waals surface area (Å²) in [6.45, 7) is 4.10. The van der Waals surface area contributed by atoms with Crippen LogP contribution in [0, 0.1) is 5.92 Å². The van der Waals surface area contributed by atoms with Crippen LogP contribution in [0.15, 0.2) is 0 Å². The monoisotopic (exact) mass is 160 g/mol. The predicted octanol–water partition coefficient (Wildman–Crippen LogP) is 1.56. The van der Waals surface area contributed by atoms with E-state index in [0.29, 0.717) is 0 Å². The highest BCUT2D eigenvalue weighted by Crippen LogP contribution is 2.10. The fourth-order valence-electron chi connectivity index (χ4n) is 1.01. The van der Waals surface area contributed by atoms with E-state index < -0.39 is 0 Å². The summed E-state index contributed by atoms with van der Waals surface area (Å²) in [5.74, 6) is 0.0341. The Morgan fingerprint density at radius 2 is 1.91 bits per heavy atom. The lowest BCUT2D eigenvalue weighted by atomic mass is 10.0. The Morgan fingerprint density at radius 1 is 1.27 bits per heavy atom. The molecule has 0 saturated heterocycles. The van der Waals surface area contributed by atoms with Gasteiger partial charge in [-0.2, -0.15) is 0 Å². The minimum Gasteiger partial charge on any atom is -0.396 e. The summed E-state index contributed by atoms with van der Waals surface area (Å²) in [5, 5.41) is 18.1. The molecular weight excluding hydrogens is 140 g/mol. The van der Waals surface area contributed by atoms with Crippen molar-refractivity contribution in [2.75, 3.05) is 6.61 Å². The maximum absolute atomic E-state index is 9.38.